The van der Waals surface area contributed by atoms with Gasteiger partial charge in [-0.1, -0.05) is 26.3 Å². The van der Waals surface area contributed by atoms with Crippen LogP contribution in [-0.2, 0) is 17.6 Å². The molecular weight excluding hydrogens is 344 g/mol. The van der Waals surface area contributed by atoms with E-state index >= 15 is 0 Å². The van der Waals surface area contributed by atoms with Crippen molar-refractivity contribution >= 4 is 28.1 Å². The van der Waals surface area contributed by atoms with E-state index in [1.54, 1.807) is 6.20 Å². The highest BCUT2D eigenvalue weighted by Gasteiger charge is 2.16. The second-order valence-electron chi connectivity index (χ2n) is 5.37. The minimum atomic E-state index is -2.39. The van der Waals surface area contributed by atoms with E-state index in [4.69, 9.17) is 10.3 Å². The van der Waals surface area contributed by atoms with Crippen LogP contribution >= 0.6 is 0 Å². The van der Waals surface area contributed by atoms with Crippen LogP contribution in [0.5, 0.6) is 0 Å². The highest BCUT2D eigenvalue weighted by Crippen LogP contribution is 2.16. The van der Waals surface area contributed by atoms with E-state index in [1.165, 1.54) is 11.0 Å². The summed E-state index contributed by atoms with van der Waals surface area (Å²) < 4.78 is 21.6. The number of hydrogen-bond acceptors (Lipinski definition) is 6. The normalized spacial score (nSPS) is 11.8. The average molecular weight is 364 g/mol. The Bertz CT molecular complexity index is 948. The standard InChI is InChI=1S/C12H12N6O3S.C3H8/c1-6-2-3-7(4-14-6)5-18-10-8(15-12(18)19)9(13)16-11(17-10)22(20)21;1-3-2/h2-4H,5H2,1H3,(H,15,19)(H,20,21)(H2,13,16,17);3H2,1-2H3. The molecule has 0 aliphatic heterocycles. The number of pyridine rings is 1. The molecule has 0 aliphatic rings. The molecule has 0 spiro atoms. The highest BCUT2D eigenvalue weighted by molar-refractivity contribution is 7.79. The molecule has 0 amide bonds. The molecule has 0 aromatic carbocycles. The van der Waals surface area contributed by atoms with Gasteiger partial charge in [-0.25, -0.2) is 9.00 Å². The molecule has 9 nitrogen and oxygen atoms in total. The summed E-state index contributed by atoms with van der Waals surface area (Å²) in [6.07, 6.45) is 2.90. The number of hydrogen-bond donors (Lipinski definition) is 3. The smallest absolute Gasteiger partial charge is 0.328 e. The summed E-state index contributed by atoms with van der Waals surface area (Å²) in [5.41, 5.74) is 7.33. The van der Waals surface area contributed by atoms with Gasteiger partial charge in [0.25, 0.3) is 5.16 Å². The number of aromatic nitrogens is 5. The minimum absolute atomic E-state index is 0.0553. The molecule has 3 rings (SSSR count). The number of anilines is 1. The van der Waals surface area contributed by atoms with Gasteiger partial charge < -0.3 is 10.7 Å². The number of rotatable bonds is 3. The molecule has 3 aromatic heterocycles. The molecule has 0 bridgehead atoms. The molecule has 10 heteroatoms. The molecule has 3 heterocycles. The Morgan fingerprint density at radius 1 is 1.32 bits per heavy atom. The van der Waals surface area contributed by atoms with Gasteiger partial charge in [-0.3, -0.25) is 14.1 Å². The van der Waals surface area contributed by atoms with E-state index in [0.29, 0.717) is 0 Å². The van der Waals surface area contributed by atoms with Gasteiger partial charge in [0.1, 0.15) is 5.52 Å². The third kappa shape index (κ3) is 4.28. The van der Waals surface area contributed by atoms with Gasteiger partial charge in [0.2, 0.25) is 11.1 Å². The Hall–Kier alpha value is -2.59. The van der Waals surface area contributed by atoms with Gasteiger partial charge in [-0.05, 0) is 18.6 Å². The van der Waals surface area contributed by atoms with Crippen molar-refractivity contribution in [3.63, 3.8) is 0 Å². The summed E-state index contributed by atoms with van der Waals surface area (Å²) in [7, 11) is 0. The number of aryl methyl sites for hydroxylation is 1. The first kappa shape index (κ1) is 18.7. The first-order valence-electron chi connectivity index (χ1n) is 7.65. The van der Waals surface area contributed by atoms with E-state index in [1.807, 2.05) is 19.1 Å². The Labute approximate surface area is 146 Å². The lowest BCUT2D eigenvalue weighted by Crippen LogP contribution is -2.18. The molecule has 0 saturated heterocycles. The Balaban J connectivity index is 0.000000701. The second kappa shape index (κ2) is 7.99. The van der Waals surface area contributed by atoms with Crippen LogP contribution in [-0.4, -0.2) is 33.3 Å². The van der Waals surface area contributed by atoms with E-state index in [-0.39, 0.29) is 28.7 Å². The largest absolute Gasteiger partial charge is 0.382 e. The number of nitrogens with zero attached hydrogens (tertiary/aromatic N) is 4. The Morgan fingerprint density at radius 2 is 2.00 bits per heavy atom. The van der Waals surface area contributed by atoms with Crippen molar-refractivity contribution in [2.24, 2.45) is 0 Å². The van der Waals surface area contributed by atoms with Crippen molar-refractivity contribution in [3.05, 3.63) is 40.1 Å². The van der Waals surface area contributed by atoms with E-state index in [0.717, 1.165) is 11.3 Å². The first-order valence-corrected chi connectivity index (χ1v) is 8.76. The lowest BCUT2D eigenvalue weighted by molar-refractivity contribution is 0.555. The summed E-state index contributed by atoms with van der Waals surface area (Å²) in [4.78, 5) is 26.4. The van der Waals surface area contributed by atoms with Crippen LogP contribution in [0.15, 0.2) is 28.3 Å². The number of nitrogens with one attached hydrogen (secondary N) is 1. The maximum absolute atomic E-state index is 12.1. The molecule has 0 radical (unpaired) electrons. The lowest BCUT2D eigenvalue weighted by Gasteiger charge is -2.04. The molecule has 25 heavy (non-hydrogen) atoms. The van der Waals surface area contributed by atoms with Crippen LogP contribution in [0.25, 0.3) is 11.2 Å². The molecule has 134 valence electrons. The minimum Gasteiger partial charge on any atom is -0.382 e. The van der Waals surface area contributed by atoms with E-state index in [2.05, 4.69) is 33.8 Å². The lowest BCUT2D eigenvalue weighted by atomic mass is 10.2. The van der Waals surface area contributed by atoms with Gasteiger partial charge in [-0.15, -0.1) is 0 Å². The number of nitrogen functional groups attached to an aromatic ring is 1. The summed E-state index contributed by atoms with van der Waals surface area (Å²) in [6.45, 7) is 6.32. The van der Waals surface area contributed by atoms with Gasteiger partial charge >= 0.3 is 5.69 Å². The molecule has 3 aromatic rings. The Morgan fingerprint density at radius 3 is 2.56 bits per heavy atom. The number of aromatic amines is 1. The van der Waals surface area contributed by atoms with Crippen LogP contribution in [0, 0.1) is 6.92 Å². The Kier molecular flexibility index (Phi) is 5.99. The van der Waals surface area contributed by atoms with Crippen LogP contribution in [0.2, 0.25) is 0 Å². The summed E-state index contributed by atoms with van der Waals surface area (Å²) in [6, 6.07) is 3.66. The van der Waals surface area contributed by atoms with Crippen molar-refractivity contribution in [2.75, 3.05) is 5.73 Å². The van der Waals surface area contributed by atoms with Gasteiger partial charge in [-0.2, -0.15) is 9.97 Å². The van der Waals surface area contributed by atoms with Gasteiger partial charge in [0.15, 0.2) is 11.5 Å². The van der Waals surface area contributed by atoms with Crippen LogP contribution < -0.4 is 11.4 Å². The molecule has 0 saturated carbocycles. The molecule has 4 N–H and O–H groups in total. The van der Waals surface area contributed by atoms with E-state index in [9.17, 15) is 9.00 Å². The third-order valence-electron chi connectivity index (χ3n) is 3.10. The second-order valence-corrected chi connectivity index (χ2v) is 6.23. The predicted octanol–water partition coefficient (Wildman–Crippen LogP) is 1.45. The zero-order chi connectivity index (χ0) is 18.6. The summed E-state index contributed by atoms with van der Waals surface area (Å²) in [5.74, 6) is -0.0553. The number of fused-ring (bicyclic) bond motifs is 1. The van der Waals surface area contributed by atoms with E-state index < -0.39 is 16.8 Å². The highest BCUT2D eigenvalue weighted by atomic mass is 32.2. The molecular formula is C15H20N6O3S. The van der Waals surface area contributed by atoms with Crippen LogP contribution in [0.3, 0.4) is 0 Å². The van der Waals surface area contributed by atoms with Crippen LogP contribution in [0.1, 0.15) is 31.5 Å². The number of H-pyrrole nitrogens is 1. The molecule has 1 atom stereocenters. The number of imidazole rings is 1. The summed E-state index contributed by atoms with van der Waals surface area (Å²) in [5, 5.41) is -0.347. The quantitative estimate of drug-likeness (QED) is 0.472. The van der Waals surface area contributed by atoms with Crippen molar-refractivity contribution < 1.29 is 8.76 Å². The fourth-order valence-electron chi connectivity index (χ4n) is 2.03. The van der Waals surface area contributed by atoms with Crippen molar-refractivity contribution in [3.8, 4) is 0 Å². The fourth-order valence-corrected chi connectivity index (χ4v) is 2.37. The van der Waals surface area contributed by atoms with Crippen molar-refractivity contribution in [1.29, 1.82) is 0 Å². The predicted molar refractivity (Wildman–Crippen MR) is 95.6 cm³/mol. The SMILES string of the molecule is CCC.Cc1ccc(Cn2c(=O)[nH]c3c(N)nc(S(=O)O)nc32)cn1. The van der Waals surface area contributed by atoms with Crippen molar-refractivity contribution in [2.45, 2.75) is 38.9 Å². The maximum Gasteiger partial charge on any atom is 0.328 e. The van der Waals surface area contributed by atoms with Gasteiger partial charge in [0.05, 0.1) is 6.54 Å². The monoisotopic (exact) mass is 364 g/mol. The zero-order valence-electron chi connectivity index (χ0n) is 14.2. The first-order chi connectivity index (χ1) is 11.9. The molecule has 0 fully saturated rings. The number of nitrogens with two attached hydrogens (primary N) is 1. The maximum atomic E-state index is 12.1. The third-order valence-corrected chi connectivity index (χ3v) is 3.59. The molecule has 0 aliphatic carbocycles. The topological polar surface area (TPSA) is 140 Å². The van der Waals surface area contributed by atoms with Gasteiger partial charge in [0, 0.05) is 11.9 Å². The average Bonchev–Trinajstić information content (AvgIpc) is 2.87. The van der Waals surface area contributed by atoms with Crippen LogP contribution in [0.4, 0.5) is 5.82 Å². The zero-order valence-corrected chi connectivity index (χ0v) is 15.0. The summed E-state index contributed by atoms with van der Waals surface area (Å²) >= 11 is -2.39. The van der Waals surface area contributed by atoms with Crippen molar-refractivity contribution in [1.82, 2.24) is 24.5 Å². The molecule has 1 unspecified atom stereocenters. The fraction of sp³-hybridized carbons (Fsp3) is 0.333.